The van der Waals surface area contributed by atoms with Gasteiger partial charge in [-0.05, 0) is 62.3 Å². The summed E-state index contributed by atoms with van der Waals surface area (Å²) in [6.45, 7) is 14.7. The third-order valence-electron chi connectivity index (χ3n) is 3.89. The molecule has 0 heterocycles. The van der Waals surface area contributed by atoms with Gasteiger partial charge < -0.3 is 0 Å². The van der Waals surface area contributed by atoms with Gasteiger partial charge >= 0.3 is 0 Å². The summed E-state index contributed by atoms with van der Waals surface area (Å²) in [7, 11) is 0. The molecule has 0 nitrogen and oxygen atoms in total. The van der Waals surface area contributed by atoms with Crippen LogP contribution in [0.1, 0.15) is 60.3 Å². The topological polar surface area (TPSA) is 0 Å². The SMILES string of the molecule is C=C(C)/C=C(/C1=CC=C(F)CC1C)C(CCCC)=C(C)C. The van der Waals surface area contributed by atoms with Crippen LogP contribution in [-0.4, -0.2) is 0 Å². The Kier molecular flexibility index (Phi) is 6.87. The number of unbranched alkanes of at least 4 members (excludes halogenated alkanes) is 1. The predicted octanol–water partition coefficient (Wildman–Crippen LogP) is 6.84. The van der Waals surface area contributed by atoms with E-state index >= 15 is 0 Å². The van der Waals surface area contributed by atoms with Gasteiger partial charge in [0.05, 0.1) is 0 Å². The molecule has 0 saturated heterocycles. The Bertz CT molecular complexity index is 508. The fourth-order valence-corrected chi connectivity index (χ4v) is 2.77. The molecule has 1 heteroatoms. The summed E-state index contributed by atoms with van der Waals surface area (Å²) in [6, 6.07) is 0. The van der Waals surface area contributed by atoms with Crippen molar-refractivity contribution in [1.82, 2.24) is 0 Å². The first-order chi connectivity index (χ1) is 9.86. The smallest absolute Gasteiger partial charge is 0.101 e. The van der Waals surface area contributed by atoms with Crippen LogP contribution in [0.15, 0.2) is 58.5 Å². The van der Waals surface area contributed by atoms with E-state index in [2.05, 4.69) is 40.3 Å². The molecule has 1 aliphatic carbocycles. The molecular weight excluding hydrogens is 259 g/mol. The molecule has 1 atom stereocenters. The Hall–Kier alpha value is -1.37. The lowest BCUT2D eigenvalue weighted by atomic mass is 9.81. The van der Waals surface area contributed by atoms with Crippen molar-refractivity contribution in [1.29, 1.82) is 0 Å². The second-order valence-corrected chi connectivity index (χ2v) is 6.33. The van der Waals surface area contributed by atoms with Crippen molar-refractivity contribution in [2.45, 2.75) is 60.3 Å². The maximum Gasteiger partial charge on any atom is 0.101 e. The van der Waals surface area contributed by atoms with E-state index in [9.17, 15) is 4.39 Å². The first-order valence-electron chi connectivity index (χ1n) is 7.97. The molecule has 1 unspecified atom stereocenters. The Balaban J connectivity index is 3.30. The fraction of sp³-hybridized carbons (Fsp3) is 0.500. The van der Waals surface area contributed by atoms with Gasteiger partial charge in [0.25, 0.3) is 0 Å². The molecule has 0 spiro atoms. The molecule has 0 aromatic carbocycles. The lowest BCUT2D eigenvalue weighted by molar-refractivity contribution is 0.523. The highest BCUT2D eigenvalue weighted by Crippen LogP contribution is 2.36. The standard InChI is InChI=1S/C20H29F/c1-7-8-9-18(15(4)5)20(12-14(2)3)19-11-10-17(21)13-16(19)6/h10-12,16H,2,7-9,13H2,1,3-6H3/b20-12+. The average Bonchev–Trinajstić information content (AvgIpc) is 2.37. The molecule has 0 aromatic heterocycles. The quantitative estimate of drug-likeness (QED) is 0.469. The minimum atomic E-state index is -0.0202. The molecule has 0 saturated carbocycles. The van der Waals surface area contributed by atoms with Crippen LogP contribution in [0.4, 0.5) is 4.39 Å². The van der Waals surface area contributed by atoms with Crippen molar-refractivity contribution in [3.05, 3.63) is 58.5 Å². The molecule has 0 amide bonds. The van der Waals surface area contributed by atoms with Crippen LogP contribution < -0.4 is 0 Å². The monoisotopic (exact) mass is 288 g/mol. The van der Waals surface area contributed by atoms with Gasteiger partial charge in [-0.3, -0.25) is 0 Å². The first kappa shape index (κ1) is 17.7. The lowest BCUT2D eigenvalue weighted by Crippen LogP contribution is -2.09. The number of halogens is 1. The van der Waals surface area contributed by atoms with E-state index in [1.807, 2.05) is 13.0 Å². The van der Waals surface area contributed by atoms with Crippen LogP contribution in [0.3, 0.4) is 0 Å². The van der Waals surface area contributed by atoms with Crippen molar-refractivity contribution >= 4 is 0 Å². The second-order valence-electron chi connectivity index (χ2n) is 6.33. The lowest BCUT2D eigenvalue weighted by Gasteiger charge is -2.24. The third-order valence-corrected chi connectivity index (χ3v) is 3.89. The van der Waals surface area contributed by atoms with Gasteiger partial charge in [-0.25, -0.2) is 4.39 Å². The number of hydrogen-bond donors (Lipinski definition) is 0. The van der Waals surface area contributed by atoms with Gasteiger partial charge in [0.15, 0.2) is 0 Å². The molecule has 0 bridgehead atoms. The summed E-state index contributed by atoms with van der Waals surface area (Å²) in [5.74, 6) is 0.199. The van der Waals surface area contributed by atoms with E-state index in [0.29, 0.717) is 6.42 Å². The van der Waals surface area contributed by atoms with Crippen molar-refractivity contribution in [2.24, 2.45) is 5.92 Å². The second kappa shape index (κ2) is 8.17. The van der Waals surface area contributed by atoms with Gasteiger partial charge in [-0.2, -0.15) is 0 Å². The van der Waals surface area contributed by atoms with Gasteiger partial charge in [0.1, 0.15) is 5.83 Å². The third kappa shape index (κ3) is 5.15. The average molecular weight is 288 g/mol. The largest absolute Gasteiger partial charge is 0.212 e. The van der Waals surface area contributed by atoms with E-state index in [4.69, 9.17) is 0 Å². The zero-order valence-corrected chi connectivity index (χ0v) is 14.2. The maximum atomic E-state index is 13.5. The normalized spacial score (nSPS) is 19.0. The van der Waals surface area contributed by atoms with Crippen molar-refractivity contribution in [3.63, 3.8) is 0 Å². The summed E-state index contributed by atoms with van der Waals surface area (Å²) in [6.07, 6.45) is 9.67. The summed E-state index contributed by atoms with van der Waals surface area (Å²) >= 11 is 0. The maximum absolute atomic E-state index is 13.5. The molecule has 0 aliphatic heterocycles. The minimum absolute atomic E-state index is 0.0202. The highest BCUT2D eigenvalue weighted by atomic mass is 19.1. The Morgan fingerprint density at radius 1 is 1.33 bits per heavy atom. The molecule has 0 fully saturated rings. The zero-order valence-electron chi connectivity index (χ0n) is 14.2. The van der Waals surface area contributed by atoms with Gasteiger partial charge in [-0.1, -0.05) is 50.1 Å². The molecule has 116 valence electrons. The van der Waals surface area contributed by atoms with Crippen LogP contribution in [-0.2, 0) is 0 Å². The zero-order chi connectivity index (χ0) is 16.0. The van der Waals surface area contributed by atoms with Crippen molar-refractivity contribution in [3.8, 4) is 0 Å². The molecule has 0 radical (unpaired) electrons. The van der Waals surface area contributed by atoms with Gasteiger partial charge in [0.2, 0.25) is 0 Å². The molecule has 1 aliphatic rings. The Morgan fingerprint density at radius 2 is 2.00 bits per heavy atom. The van der Waals surface area contributed by atoms with Crippen LogP contribution in [0.5, 0.6) is 0 Å². The first-order valence-corrected chi connectivity index (χ1v) is 7.97. The molecule has 0 aromatic rings. The fourth-order valence-electron chi connectivity index (χ4n) is 2.77. The predicted molar refractivity (Wildman–Crippen MR) is 91.9 cm³/mol. The highest BCUT2D eigenvalue weighted by molar-refractivity contribution is 5.53. The van der Waals surface area contributed by atoms with E-state index in [-0.39, 0.29) is 11.7 Å². The molecule has 1 rings (SSSR count). The van der Waals surface area contributed by atoms with E-state index < -0.39 is 0 Å². The number of allylic oxidation sites excluding steroid dienone is 9. The van der Waals surface area contributed by atoms with Gasteiger partial charge in [-0.15, -0.1) is 0 Å². The van der Waals surface area contributed by atoms with Crippen LogP contribution in [0.2, 0.25) is 0 Å². The van der Waals surface area contributed by atoms with Crippen molar-refractivity contribution in [2.75, 3.05) is 0 Å². The van der Waals surface area contributed by atoms with E-state index in [1.54, 1.807) is 6.08 Å². The van der Waals surface area contributed by atoms with Crippen molar-refractivity contribution < 1.29 is 4.39 Å². The summed E-state index contributed by atoms with van der Waals surface area (Å²) in [5, 5.41) is 0. The van der Waals surface area contributed by atoms with Crippen LogP contribution in [0, 0.1) is 5.92 Å². The number of rotatable bonds is 6. The molecule has 0 N–H and O–H groups in total. The summed E-state index contributed by atoms with van der Waals surface area (Å²) < 4.78 is 13.5. The number of hydrogen-bond acceptors (Lipinski definition) is 0. The summed E-state index contributed by atoms with van der Waals surface area (Å²) in [4.78, 5) is 0. The van der Waals surface area contributed by atoms with Gasteiger partial charge in [0, 0.05) is 6.42 Å². The molecule has 21 heavy (non-hydrogen) atoms. The summed E-state index contributed by atoms with van der Waals surface area (Å²) in [5.41, 5.74) is 6.29. The van der Waals surface area contributed by atoms with E-state index in [1.165, 1.54) is 35.1 Å². The molecular formula is C20H29F. The minimum Gasteiger partial charge on any atom is -0.212 e. The highest BCUT2D eigenvalue weighted by Gasteiger charge is 2.21. The van der Waals surface area contributed by atoms with E-state index in [0.717, 1.165) is 12.0 Å². The van der Waals surface area contributed by atoms with Crippen LogP contribution in [0.25, 0.3) is 0 Å². The Morgan fingerprint density at radius 3 is 2.48 bits per heavy atom. The van der Waals surface area contributed by atoms with Crippen LogP contribution >= 0.6 is 0 Å². The Labute approximate surface area is 129 Å².